The zero-order valence-corrected chi connectivity index (χ0v) is 5.83. The highest BCUT2D eigenvalue weighted by atomic mass is 35.5. The lowest BCUT2D eigenvalue weighted by molar-refractivity contribution is 0.399. The maximum absolute atomic E-state index is 4.95. The molecule has 1 rings (SSSR count). The molecule has 0 radical (unpaired) electrons. The average Bonchev–Trinajstić information content (AvgIpc) is 2.42. The van der Waals surface area contributed by atoms with Crippen molar-refractivity contribution in [2.45, 2.75) is 13.0 Å². The first-order chi connectivity index (χ1) is 3.43. The summed E-state index contributed by atoms with van der Waals surface area (Å²) in [5.74, 6) is 0. The van der Waals surface area contributed by atoms with E-state index in [9.17, 15) is 0 Å². The lowest BCUT2D eigenvalue weighted by Crippen LogP contribution is -2.18. The van der Waals surface area contributed by atoms with Crippen LogP contribution >= 0.6 is 12.4 Å². The van der Waals surface area contributed by atoms with Crippen LogP contribution < -0.4 is 5.32 Å². The van der Waals surface area contributed by atoms with Gasteiger partial charge in [-0.05, 0) is 6.54 Å². The Morgan fingerprint density at radius 1 is 1.75 bits per heavy atom. The van der Waals surface area contributed by atoms with Crippen LogP contribution in [0.3, 0.4) is 0 Å². The molecule has 0 aromatic rings. The number of hydrogen-bond donors (Lipinski definition) is 1. The van der Waals surface area contributed by atoms with Crippen LogP contribution in [0, 0.1) is 0 Å². The molecule has 8 heavy (non-hydrogen) atoms. The van der Waals surface area contributed by atoms with E-state index in [1.807, 2.05) is 0 Å². The van der Waals surface area contributed by atoms with Crippen LogP contribution in [0.4, 0.5) is 0 Å². The van der Waals surface area contributed by atoms with Gasteiger partial charge in [0.2, 0.25) is 0 Å². The Morgan fingerprint density at radius 2 is 2.38 bits per heavy atom. The number of epoxide rings is 1. The predicted octanol–water partition coefficient (Wildman–Crippen LogP) is 0.416. The lowest BCUT2D eigenvalue weighted by Gasteiger charge is -1.91. The topological polar surface area (TPSA) is 24.6 Å². The molecular formula is C5H12ClNO. The van der Waals surface area contributed by atoms with Gasteiger partial charge in [-0.2, -0.15) is 0 Å². The molecular weight excluding hydrogens is 126 g/mol. The van der Waals surface area contributed by atoms with Gasteiger partial charge in [0.05, 0.1) is 12.7 Å². The van der Waals surface area contributed by atoms with Crippen molar-refractivity contribution in [2.24, 2.45) is 0 Å². The monoisotopic (exact) mass is 137 g/mol. The number of likely N-dealkylation sites (N-methyl/N-ethyl adjacent to an activating group) is 1. The van der Waals surface area contributed by atoms with Gasteiger partial charge in [-0.1, -0.05) is 6.92 Å². The third kappa shape index (κ3) is 3.24. The Kier molecular flexibility index (Phi) is 4.23. The summed E-state index contributed by atoms with van der Waals surface area (Å²) in [6, 6.07) is 0. The molecule has 2 nitrogen and oxygen atoms in total. The van der Waals surface area contributed by atoms with Crippen molar-refractivity contribution < 1.29 is 4.74 Å². The predicted molar refractivity (Wildman–Crippen MR) is 35.5 cm³/mol. The summed E-state index contributed by atoms with van der Waals surface area (Å²) < 4.78 is 4.95. The quantitative estimate of drug-likeness (QED) is 0.571. The zero-order valence-electron chi connectivity index (χ0n) is 5.02. The minimum absolute atomic E-state index is 0. The molecule has 3 heteroatoms. The van der Waals surface area contributed by atoms with Crippen LogP contribution in [0.15, 0.2) is 0 Å². The molecule has 1 aliphatic heterocycles. The number of rotatable bonds is 3. The number of hydrogen-bond acceptors (Lipinski definition) is 2. The molecule has 1 unspecified atom stereocenters. The van der Waals surface area contributed by atoms with E-state index in [1.165, 1.54) is 0 Å². The molecule has 0 bridgehead atoms. The van der Waals surface area contributed by atoms with Crippen molar-refractivity contribution >= 4 is 12.4 Å². The fourth-order valence-corrected chi connectivity index (χ4v) is 0.491. The van der Waals surface area contributed by atoms with Gasteiger partial charge in [0.15, 0.2) is 0 Å². The Hall–Kier alpha value is 0.210. The SMILES string of the molecule is CCNCC1CO1.Cl. The van der Waals surface area contributed by atoms with Crippen molar-refractivity contribution in [2.75, 3.05) is 19.7 Å². The maximum Gasteiger partial charge on any atom is 0.0933 e. The molecule has 0 amide bonds. The van der Waals surface area contributed by atoms with Gasteiger partial charge < -0.3 is 10.1 Å². The number of ether oxygens (including phenoxy) is 1. The van der Waals surface area contributed by atoms with Crippen LogP contribution in [0.1, 0.15) is 6.92 Å². The third-order valence-corrected chi connectivity index (χ3v) is 1.02. The molecule has 0 aromatic heterocycles. The lowest BCUT2D eigenvalue weighted by atomic mass is 10.5. The van der Waals surface area contributed by atoms with Crippen molar-refractivity contribution in [3.05, 3.63) is 0 Å². The van der Waals surface area contributed by atoms with E-state index in [1.54, 1.807) is 0 Å². The Balaban J connectivity index is 0.000000490. The minimum Gasteiger partial charge on any atom is -0.372 e. The zero-order chi connectivity index (χ0) is 5.11. The van der Waals surface area contributed by atoms with Gasteiger partial charge in [0.1, 0.15) is 0 Å². The summed E-state index contributed by atoms with van der Waals surface area (Å²) in [4.78, 5) is 0. The fourth-order valence-electron chi connectivity index (χ4n) is 0.491. The summed E-state index contributed by atoms with van der Waals surface area (Å²) in [5.41, 5.74) is 0. The first kappa shape index (κ1) is 8.21. The molecule has 0 saturated carbocycles. The van der Waals surface area contributed by atoms with Crippen molar-refractivity contribution in [1.29, 1.82) is 0 Å². The second kappa shape index (κ2) is 4.13. The number of halogens is 1. The van der Waals surface area contributed by atoms with E-state index < -0.39 is 0 Å². The standard InChI is InChI=1S/C5H11NO.ClH/c1-2-6-3-5-4-7-5;/h5-6H,2-4H2,1H3;1H. The molecule has 1 heterocycles. The summed E-state index contributed by atoms with van der Waals surface area (Å²) in [5, 5.41) is 3.19. The summed E-state index contributed by atoms with van der Waals surface area (Å²) in [6.07, 6.45) is 0.542. The highest BCUT2D eigenvalue weighted by Gasteiger charge is 2.20. The fraction of sp³-hybridized carbons (Fsp3) is 1.00. The van der Waals surface area contributed by atoms with E-state index in [0.717, 1.165) is 19.7 Å². The first-order valence-electron chi connectivity index (χ1n) is 2.76. The third-order valence-electron chi connectivity index (χ3n) is 1.02. The van der Waals surface area contributed by atoms with Crippen LogP contribution in [0.2, 0.25) is 0 Å². The van der Waals surface area contributed by atoms with E-state index in [0.29, 0.717) is 6.10 Å². The van der Waals surface area contributed by atoms with Gasteiger partial charge in [-0.15, -0.1) is 12.4 Å². The average molecular weight is 138 g/mol. The van der Waals surface area contributed by atoms with Crippen molar-refractivity contribution in [1.82, 2.24) is 5.32 Å². The normalized spacial score (nSPS) is 24.4. The highest BCUT2D eigenvalue weighted by Crippen LogP contribution is 2.05. The molecule has 0 spiro atoms. The second-order valence-corrected chi connectivity index (χ2v) is 1.76. The van der Waals surface area contributed by atoms with Gasteiger partial charge >= 0.3 is 0 Å². The van der Waals surface area contributed by atoms with Crippen LogP contribution in [-0.2, 0) is 4.74 Å². The van der Waals surface area contributed by atoms with E-state index >= 15 is 0 Å². The van der Waals surface area contributed by atoms with Gasteiger partial charge in [0.25, 0.3) is 0 Å². The molecule has 1 saturated heterocycles. The van der Waals surface area contributed by atoms with Gasteiger partial charge in [-0.25, -0.2) is 0 Å². The van der Waals surface area contributed by atoms with Crippen LogP contribution in [0.25, 0.3) is 0 Å². The summed E-state index contributed by atoms with van der Waals surface area (Å²) in [6.45, 7) is 5.16. The smallest absolute Gasteiger partial charge is 0.0933 e. The van der Waals surface area contributed by atoms with Gasteiger partial charge in [0, 0.05) is 6.54 Å². The number of nitrogens with one attached hydrogen (secondary N) is 1. The Morgan fingerprint density at radius 3 is 2.75 bits per heavy atom. The van der Waals surface area contributed by atoms with E-state index in [-0.39, 0.29) is 12.4 Å². The van der Waals surface area contributed by atoms with Crippen molar-refractivity contribution in [3.8, 4) is 0 Å². The Bertz CT molecular complexity index is 56.4. The van der Waals surface area contributed by atoms with Crippen molar-refractivity contribution in [3.63, 3.8) is 0 Å². The van der Waals surface area contributed by atoms with Crippen LogP contribution in [0.5, 0.6) is 0 Å². The largest absolute Gasteiger partial charge is 0.372 e. The second-order valence-electron chi connectivity index (χ2n) is 1.76. The van der Waals surface area contributed by atoms with E-state index in [2.05, 4.69) is 12.2 Å². The van der Waals surface area contributed by atoms with Gasteiger partial charge in [-0.3, -0.25) is 0 Å². The molecule has 0 aliphatic carbocycles. The maximum atomic E-state index is 4.95. The molecule has 1 N–H and O–H groups in total. The summed E-state index contributed by atoms with van der Waals surface area (Å²) >= 11 is 0. The molecule has 1 atom stereocenters. The minimum atomic E-state index is 0. The molecule has 1 aliphatic rings. The van der Waals surface area contributed by atoms with E-state index in [4.69, 9.17) is 4.74 Å². The first-order valence-corrected chi connectivity index (χ1v) is 2.76. The summed E-state index contributed by atoms with van der Waals surface area (Å²) in [7, 11) is 0. The Labute approximate surface area is 56.0 Å². The molecule has 1 fully saturated rings. The molecule has 0 aromatic carbocycles. The van der Waals surface area contributed by atoms with Crippen LogP contribution in [-0.4, -0.2) is 25.8 Å². The highest BCUT2D eigenvalue weighted by molar-refractivity contribution is 5.85. The molecule has 50 valence electrons.